The van der Waals surface area contributed by atoms with E-state index in [1.807, 2.05) is 19.9 Å². The number of hydrogen-bond acceptors (Lipinski definition) is 2. The maximum absolute atomic E-state index is 11.2. The summed E-state index contributed by atoms with van der Waals surface area (Å²) in [6.07, 6.45) is 5.03. The van der Waals surface area contributed by atoms with Gasteiger partial charge in [0.1, 0.15) is 0 Å². The molecule has 0 aromatic carbocycles. The van der Waals surface area contributed by atoms with Crippen LogP contribution in [0.1, 0.15) is 30.9 Å². The molecule has 0 aliphatic heterocycles. The molecule has 1 N–H and O–H groups in total. The van der Waals surface area contributed by atoms with Crippen LogP contribution in [0.2, 0.25) is 0 Å². The minimum absolute atomic E-state index is 0.107. The molecule has 0 unspecified atom stereocenters. The van der Waals surface area contributed by atoms with E-state index in [0.717, 1.165) is 17.5 Å². The Kier molecular flexibility index (Phi) is 4.11. The van der Waals surface area contributed by atoms with Crippen molar-refractivity contribution in [3.63, 3.8) is 0 Å². The Hall–Kier alpha value is -1.38. The average molecular weight is 192 g/mol. The first-order valence-corrected chi connectivity index (χ1v) is 4.90. The molecule has 3 heteroatoms. The highest BCUT2D eigenvalue weighted by molar-refractivity contribution is 5.75. The van der Waals surface area contributed by atoms with Crippen molar-refractivity contribution in [3.8, 4) is 0 Å². The van der Waals surface area contributed by atoms with Gasteiger partial charge in [0.2, 0.25) is 5.91 Å². The number of amides is 1. The van der Waals surface area contributed by atoms with Crippen LogP contribution in [0.5, 0.6) is 0 Å². The number of hydrogen-bond donors (Lipinski definition) is 1. The first-order valence-electron chi connectivity index (χ1n) is 4.90. The maximum Gasteiger partial charge on any atom is 0.220 e. The van der Waals surface area contributed by atoms with Gasteiger partial charge in [-0.15, -0.1) is 0 Å². The van der Waals surface area contributed by atoms with Crippen LogP contribution < -0.4 is 5.32 Å². The van der Waals surface area contributed by atoms with E-state index >= 15 is 0 Å². The highest BCUT2D eigenvalue weighted by atomic mass is 16.1. The number of carbonyl (C=O) groups is 1. The second-order valence-corrected chi connectivity index (χ2v) is 3.33. The number of aromatic nitrogens is 1. The molecule has 1 heterocycles. The minimum atomic E-state index is 0.107. The molecule has 0 bridgehead atoms. The van der Waals surface area contributed by atoms with Gasteiger partial charge >= 0.3 is 0 Å². The molecule has 76 valence electrons. The lowest BCUT2D eigenvalue weighted by molar-refractivity contribution is -0.121. The van der Waals surface area contributed by atoms with Crippen molar-refractivity contribution in [3.05, 3.63) is 29.6 Å². The van der Waals surface area contributed by atoms with Gasteiger partial charge in [0.15, 0.2) is 0 Å². The number of rotatable bonds is 4. The van der Waals surface area contributed by atoms with Gasteiger partial charge < -0.3 is 5.32 Å². The topological polar surface area (TPSA) is 42.0 Å². The van der Waals surface area contributed by atoms with Crippen LogP contribution in [-0.4, -0.2) is 10.9 Å². The zero-order chi connectivity index (χ0) is 10.4. The molecule has 0 radical (unpaired) electrons. The number of pyridine rings is 1. The van der Waals surface area contributed by atoms with Crippen molar-refractivity contribution in [1.82, 2.24) is 10.3 Å². The molecule has 0 fully saturated rings. The normalized spacial score (nSPS) is 9.86. The van der Waals surface area contributed by atoms with Crippen molar-refractivity contribution in [2.75, 3.05) is 0 Å². The number of nitrogens with zero attached hydrogens (tertiary/aromatic N) is 1. The van der Waals surface area contributed by atoms with Crippen molar-refractivity contribution < 1.29 is 4.79 Å². The van der Waals surface area contributed by atoms with Crippen LogP contribution in [0.4, 0.5) is 0 Å². The molecule has 0 aliphatic rings. The number of aryl methyl sites for hydroxylation is 1. The molecule has 0 spiro atoms. The quantitative estimate of drug-likeness (QED) is 0.790. The Bertz CT molecular complexity index is 310. The van der Waals surface area contributed by atoms with E-state index < -0.39 is 0 Å². The number of carbonyl (C=O) groups excluding carboxylic acids is 1. The molecule has 1 aromatic rings. The SMILES string of the molecule is CCCC(=O)NCc1cnccc1C. The first-order chi connectivity index (χ1) is 6.74. The Morgan fingerprint density at radius 2 is 2.36 bits per heavy atom. The molecule has 3 nitrogen and oxygen atoms in total. The summed E-state index contributed by atoms with van der Waals surface area (Å²) in [5.74, 6) is 0.107. The van der Waals surface area contributed by atoms with Crippen molar-refractivity contribution >= 4 is 5.91 Å². The van der Waals surface area contributed by atoms with E-state index in [0.29, 0.717) is 13.0 Å². The van der Waals surface area contributed by atoms with Gasteiger partial charge in [-0.05, 0) is 30.5 Å². The van der Waals surface area contributed by atoms with Crippen LogP contribution in [0.3, 0.4) is 0 Å². The van der Waals surface area contributed by atoms with Crippen LogP contribution >= 0.6 is 0 Å². The van der Waals surface area contributed by atoms with Gasteiger partial charge in [0.25, 0.3) is 0 Å². The number of nitrogens with one attached hydrogen (secondary N) is 1. The van der Waals surface area contributed by atoms with Gasteiger partial charge in [-0.25, -0.2) is 0 Å². The third-order valence-corrected chi connectivity index (χ3v) is 2.10. The van der Waals surface area contributed by atoms with E-state index in [-0.39, 0.29) is 5.91 Å². The van der Waals surface area contributed by atoms with Gasteiger partial charge in [0, 0.05) is 25.4 Å². The van der Waals surface area contributed by atoms with Crippen LogP contribution in [0.25, 0.3) is 0 Å². The summed E-state index contributed by atoms with van der Waals surface area (Å²) < 4.78 is 0. The molecule has 0 aliphatic carbocycles. The smallest absolute Gasteiger partial charge is 0.220 e. The Labute approximate surface area is 84.6 Å². The van der Waals surface area contributed by atoms with E-state index in [1.54, 1.807) is 12.4 Å². The summed E-state index contributed by atoms with van der Waals surface area (Å²) in [5.41, 5.74) is 2.24. The predicted octanol–water partition coefficient (Wildman–Crippen LogP) is 1.81. The first kappa shape index (κ1) is 10.7. The second kappa shape index (κ2) is 5.37. The fraction of sp³-hybridized carbons (Fsp3) is 0.455. The molecule has 14 heavy (non-hydrogen) atoms. The van der Waals surface area contributed by atoms with E-state index in [2.05, 4.69) is 10.3 Å². The molecular formula is C11H16N2O. The molecule has 1 amide bonds. The third-order valence-electron chi connectivity index (χ3n) is 2.10. The third kappa shape index (κ3) is 3.17. The fourth-order valence-corrected chi connectivity index (χ4v) is 1.19. The average Bonchev–Trinajstić information content (AvgIpc) is 2.17. The monoisotopic (exact) mass is 192 g/mol. The van der Waals surface area contributed by atoms with E-state index in [9.17, 15) is 4.79 Å². The van der Waals surface area contributed by atoms with Crippen molar-refractivity contribution in [2.24, 2.45) is 0 Å². The molecular weight excluding hydrogens is 176 g/mol. The van der Waals surface area contributed by atoms with Gasteiger partial charge in [-0.2, -0.15) is 0 Å². The largest absolute Gasteiger partial charge is 0.352 e. The second-order valence-electron chi connectivity index (χ2n) is 3.33. The van der Waals surface area contributed by atoms with Crippen LogP contribution in [0.15, 0.2) is 18.5 Å². The lowest BCUT2D eigenvalue weighted by Crippen LogP contribution is -2.22. The van der Waals surface area contributed by atoms with Crippen LogP contribution in [-0.2, 0) is 11.3 Å². The zero-order valence-corrected chi connectivity index (χ0v) is 8.71. The van der Waals surface area contributed by atoms with Gasteiger partial charge in [-0.3, -0.25) is 9.78 Å². The lowest BCUT2D eigenvalue weighted by Gasteiger charge is -2.06. The Morgan fingerprint density at radius 3 is 3.00 bits per heavy atom. The minimum Gasteiger partial charge on any atom is -0.352 e. The van der Waals surface area contributed by atoms with Crippen molar-refractivity contribution in [2.45, 2.75) is 33.2 Å². The summed E-state index contributed by atoms with van der Waals surface area (Å²) in [4.78, 5) is 15.2. The summed E-state index contributed by atoms with van der Waals surface area (Å²) in [7, 11) is 0. The standard InChI is InChI=1S/C11H16N2O/c1-3-4-11(14)13-8-10-7-12-6-5-9(10)2/h5-7H,3-4,8H2,1-2H3,(H,13,14). The molecule has 0 atom stereocenters. The summed E-state index contributed by atoms with van der Waals surface area (Å²) in [6, 6.07) is 1.95. The summed E-state index contributed by atoms with van der Waals surface area (Å²) >= 11 is 0. The molecule has 0 saturated carbocycles. The molecule has 1 aromatic heterocycles. The molecule has 1 rings (SSSR count). The summed E-state index contributed by atoms with van der Waals surface area (Å²) in [5, 5.41) is 2.86. The maximum atomic E-state index is 11.2. The zero-order valence-electron chi connectivity index (χ0n) is 8.71. The predicted molar refractivity (Wildman–Crippen MR) is 55.7 cm³/mol. The lowest BCUT2D eigenvalue weighted by atomic mass is 10.1. The van der Waals surface area contributed by atoms with E-state index in [4.69, 9.17) is 0 Å². The highest BCUT2D eigenvalue weighted by Gasteiger charge is 2.01. The summed E-state index contributed by atoms with van der Waals surface area (Å²) in [6.45, 7) is 4.59. The van der Waals surface area contributed by atoms with Crippen LogP contribution in [0, 0.1) is 6.92 Å². The Balaban J connectivity index is 2.46. The molecule has 0 saturated heterocycles. The highest BCUT2D eigenvalue weighted by Crippen LogP contribution is 2.04. The fourth-order valence-electron chi connectivity index (χ4n) is 1.19. The van der Waals surface area contributed by atoms with Gasteiger partial charge in [0.05, 0.1) is 0 Å². The Morgan fingerprint density at radius 1 is 1.57 bits per heavy atom. The van der Waals surface area contributed by atoms with E-state index in [1.165, 1.54) is 0 Å². The van der Waals surface area contributed by atoms with Crippen molar-refractivity contribution in [1.29, 1.82) is 0 Å². The van der Waals surface area contributed by atoms with Gasteiger partial charge in [-0.1, -0.05) is 6.92 Å².